The van der Waals surface area contributed by atoms with Crippen LogP contribution in [0.4, 0.5) is 11.6 Å². The normalized spacial score (nSPS) is 15.9. The number of pyridine rings is 1. The molecule has 36 heavy (non-hydrogen) atoms. The lowest BCUT2D eigenvalue weighted by atomic mass is 10.1. The van der Waals surface area contributed by atoms with Gasteiger partial charge < -0.3 is 16.0 Å². The van der Waals surface area contributed by atoms with Gasteiger partial charge >= 0.3 is 0 Å². The number of benzene rings is 1. The first-order chi connectivity index (χ1) is 17.6. The minimum atomic E-state index is -0.256. The van der Waals surface area contributed by atoms with Crippen molar-refractivity contribution >= 4 is 29.0 Å². The molecule has 0 radical (unpaired) electrons. The third-order valence-electron chi connectivity index (χ3n) is 6.45. The SMILES string of the molecule is C=CC(=O)N1CCCCC[C@H]1c1nc(-c2ccc(C(=O)Nc3ccccn3)cc2)c2c(N)nccn12. The smallest absolute Gasteiger partial charge is 0.256 e. The van der Waals surface area contributed by atoms with Crippen molar-refractivity contribution < 1.29 is 9.59 Å². The summed E-state index contributed by atoms with van der Waals surface area (Å²) in [6, 6.07) is 12.3. The van der Waals surface area contributed by atoms with E-state index in [1.165, 1.54) is 6.08 Å². The summed E-state index contributed by atoms with van der Waals surface area (Å²) < 4.78 is 1.93. The van der Waals surface area contributed by atoms with Gasteiger partial charge in [-0.2, -0.15) is 0 Å². The van der Waals surface area contributed by atoms with Crippen LogP contribution in [0.1, 0.15) is 47.9 Å². The summed E-state index contributed by atoms with van der Waals surface area (Å²) in [6.07, 6.45) is 10.2. The molecule has 1 aliphatic heterocycles. The average molecular weight is 482 g/mol. The van der Waals surface area contributed by atoms with Gasteiger partial charge in [0.05, 0.1) is 6.04 Å². The fourth-order valence-corrected chi connectivity index (χ4v) is 4.69. The van der Waals surface area contributed by atoms with Crippen molar-refractivity contribution in [3.05, 3.63) is 85.1 Å². The van der Waals surface area contributed by atoms with E-state index >= 15 is 0 Å². The number of nitrogens with two attached hydrogens (primary N) is 1. The van der Waals surface area contributed by atoms with E-state index in [2.05, 4.69) is 21.9 Å². The van der Waals surface area contributed by atoms with Crippen LogP contribution < -0.4 is 11.1 Å². The summed E-state index contributed by atoms with van der Waals surface area (Å²) in [5.41, 5.74) is 8.93. The predicted molar refractivity (Wildman–Crippen MR) is 138 cm³/mol. The van der Waals surface area contributed by atoms with E-state index in [1.54, 1.807) is 36.7 Å². The van der Waals surface area contributed by atoms with E-state index in [4.69, 9.17) is 10.7 Å². The second kappa shape index (κ2) is 9.99. The highest BCUT2D eigenvalue weighted by molar-refractivity contribution is 6.04. The number of fused-ring (bicyclic) bond motifs is 1. The van der Waals surface area contributed by atoms with Crippen molar-refractivity contribution in [3.8, 4) is 11.3 Å². The number of amides is 2. The molecule has 2 amide bonds. The van der Waals surface area contributed by atoms with Crippen molar-refractivity contribution in [1.82, 2.24) is 24.3 Å². The zero-order valence-electron chi connectivity index (χ0n) is 19.8. The van der Waals surface area contributed by atoms with Gasteiger partial charge in [-0.05, 0) is 43.2 Å². The number of rotatable bonds is 5. The van der Waals surface area contributed by atoms with Gasteiger partial charge in [-0.25, -0.2) is 15.0 Å². The molecule has 1 atom stereocenters. The van der Waals surface area contributed by atoms with Crippen molar-refractivity contribution in [2.75, 3.05) is 17.6 Å². The van der Waals surface area contributed by atoms with E-state index in [9.17, 15) is 9.59 Å². The van der Waals surface area contributed by atoms with Crippen LogP contribution in [0.3, 0.4) is 0 Å². The largest absolute Gasteiger partial charge is 0.382 e. The molecule has 1 aromatic carbocycles. The average Bonchev–Trinajstić information content (AvgIpc) is 3.13. The third-order valence-corrected chi connectivity index (χ3v) is 6.45. The van der Waals surface area contributed by atoms with Crippen LogP contribution in [-0.2, 0) is 4.79 Å². The number of imidazole rings is 1. The van der Waals surface area contributed by atoms with Crippen LogP contribution in [0.15, 0.2) is 73.7 Å². The second-order valence-corrected chi connectivity index (χ2v) is 8.70. The highest BCUT2D eigenvalue weighted by Crippen LogP contribution is 2.35. The number of hydrogen-bond acceptors (Lipinski definition) is 6. The van der Waals surface area contributed by atoms with E-state index in [0.29, 0.717) is 35.0 Å². The molecule has 1 saturated heterocycles. The van der Waals surface area contributed by atoms with E-state index in [0.717, 1.165) is 37.1 Å². The Bertz CT molecular complexity index is 1410. The highest BCUT2D eigenvalue weighted by Gasteiger charge is 2.30. The maximum atomic E-state index is 12.7. The third kappa shape index (κ3) is 4.43. The van der Waals surface area contributed by atoms with Gasteiger partial charge in [-0.1, -0.05) is 37.6 Å². The van der Waals surface area contributed by atoms with Crippen LogP contribution in [0.25, 0.3) is 16.8 Å². The topological polar surface area (TPSA) is 119 Å². The maximum Gasteiger partial charge on any atom is 0.256 e. The quantitative estimate of drug-likeness (QED) is 0.411. The highest BCUT2D eigenvalue weighted by atomic mass is 16.2. The van der Waals surface area contributed by atoms with Crippen LogP contribution in [0.5, 0.6) is 0 Å². The Kier molecular flexibility index (Phi) is 6.44. The van der Waals surface area contributed by atoms with Crippen LogP contribution in [-0.4, -0.2) is 42.6 Å². The van der Waals surface area contributed by atoms with E-state index in [1.807, 2.05) is 33.7 Å². The molecule has 0 saturated carbocycles. The van der Waals surface area contributed by atoms with Gasteiger partial charge in [0.25, 0.3) is 5.91 Å². The second-order valence-electron chi connectivity index (χ2n) is 8.70. The summed E-state index contributed by atoms with van der Waals surface area (Å²) in [6.45, 7) is 4.34. The molecule has 9 heteroatoms. The minimum Gasteiger partial charge on any atom is -0.382 e. The Hall–Kier alpha value is -4.53. The first-order valence-electron chi connectivity index (χ1n) is 11.9. The summed E-state index contributed by atoms with van der Waals surface area (Å²) in [5.74, 6) is 1.21. The van der Waals surface area contributed by atoms with Gasteiger partial charge in [-0.3, -0.25) is 14.0 Å². The standard InChI is InChI=1S/C27H27N7O2/c1-2-22(35)33-16-7-3-4-8-20(33)26-32-23(24-25(28)30-15-17-34(24)26)18-10-12-19(13-11-18)27(36)31-21-9-5-6-14-29-21/h2,5-6,9-15,17,20H,1,3-4,7-8,16H2,(H2,28,30)(H,29,31,36)/t20-/m0/s1. The Morgan fingerprint density at radius 3 is 2.64 bits per heavy atom. The Morgan fingerprint density at radius 1 is 1.06 bits per heavy atom. The molecular weight excluding hydrogens is 454 g/mol. The monoisotopic (exact) mass is 481 g/mol. The molecule has 4 heterocycles. The molecule has 4 aromatic rings. The van der Waals surface area contributed by atoms with Crippen LogP contribution in [0, 0.1) is 0 Å². The first kappa shape index (κ1) is 23.2. The van der Waals surface area contributed by atoms with Gasteiger partial charge in [0, 0.05) is 36.3 Å². The molecule has 3 N–H and O–H groups in total. The molecule has 1 fully saturated rings. The number of carbonyl (C=O) groups is 2. The number of anilines is 2. The zero-order chi connectivity index (χ0) is 25.1. The molecule has 0 spiro atoms. The van der Waals surface area contributed by atoms with Crippen molar-refractivity contribution in [1.29, 1.82) is 0 Å². The summed E-state index contributed by atoms with van der Waals surface area (Å²) in [7, 11) is 0. The van der Waals surface area contributed by atoms with Crippen molar-refractivity contribution in [3.63, 3.8) is 0 Å². The molecule has 3 aromatic heterocycles. The fourth-order valence-electron chi connectivity index (χ4n) is 4.69. The van der Waals surface area contributed by atoms with Crippen molar-refractivity contribution in [2.24, 2.45) is 0 Å². The summed E-state index contributed by atoms with van der Waals surface area (Å²) in [5, 5.41) is 2.78. The molecular formula is C27H27N7O2. The zero-order valence-corrected chi connectivity index (χ0v) is 19.8. The predicted octanol–water partition coefficient (Wildman–Crippen LogP) is 4.26. The number of hydrogen-bond donors (Lipinski definition) is 2. The lowest BCUT2D eigenvalue weighted by molar-refractivity contribution is -0.128. The summed E-state index contributed by atoms with van der Waals surface area (Å²) >= 11 is 0. The number of carbonyl (C=O) groups excluding carboxylic acids is 2. The molecule has 0 bridgehead atoms. The lowest BCUT2D eigenvalue weighted by Crippen LogP contribution is -2.34. The number of nitrogens with zero attached hydrogens (tertiary/aromatic N) is 5. The van der Waals surface area contributed by atoms with Gasteiger partial charge in [0.1, 0.15) is 28.7 Å². The first-order valence-corrected chi connectivity index (χ1v) is 11.9. The number of nitrogen functional groups attached to an aromatic ring is 1. The maximum absolute atomic E-state index is 12.7. The minimum absolute atomic E-state index is 0.106. The lowest BCUT2D eigenvalue weighted by Gasteiger charge is -2.28. The van der Waals surface area contributed by atoms with Gasteiger partial charge in [0.15, 0.2) is 0 Å². The molecule has 182 valence electrons. The van der Waals surface area contributed by atoms with E-state index in [-0.39, 0.29) is 17.9 Å². The molecule has 1 aliphatic rings. The Balaban J connectivity index is 1.53. The molecule has 0 aliphatic carbocycles. The molecule has 5 rings (SSSR count). The molecule has 9 nitrogen and oxygen atoms in total. The number of nitrogens with one attached hydrogen (secondary N) is 1. The Morgan fingerprint density at radius 2 is 1.89 bits per heavy atom. The van der Waals surface area contributed by atoms with Gasteiger partial charge in [-0.15, -0.1) is 0 Å². The molecule has 0 unspecified atom stereocenters. The summed E-state index contributed by atoms with van der Waals surface area (Å²) in [4.78, 5) is 40.6. The number of likely N-dealkylation sites (tertiary alicyclic amines) is 1. The van der Waals surface area contributed by atoms with Crippen molar-refractivity contribution in [2.45, 2.75) is 31.7 Å². The van der Waals surface area contributed by atoms with Gasteiger partial charge in [0.2, 0.25) is 5.91 Å². The Labute approximate surface area is 208 Å². The van der Waals surface area contributed by atoms with Crippen LogP contribution >= 0.6 is 0 Å². The fraction of sp³-hybridized carbons (Fsp3) is 0.222. The van der Waals surface area contributed by atoms with E-state index < -0.39 is 0 Å². The van der Waals surface area contributed by atoms with Crippen LogP contribution in [0.2, 0.25) is 0 Å². The number of aromatic nitrogens is 4.